The molecular weight excluding hydrogens is 1190 g/mol. The fourth-order valence-corrected chi connectivity index (χ4v) is 18.2. The van der Waals surface area contributed by atoms with E-state index >= 15 is 0 Å². The van der Waals surface area contributed by atoms with Crippen molar-refractivity contribution in [3.63, 3.8) is 0 Å². The number of thiophene rings is 2. The first-order valence-corrected chi connectivity index (χ1v) is 34.1. The van der Waals surface area contributed by atoms with Crippen molar-refractivity contribution in [3.05, 3.63) is 314 Å². The Bertz CT molecular complexity index is 6370. The Balaban J connectivity index is 0.759. The summed E-state index contributed by atoms with van der Waals surface area (Å²) < 4.78 is 19.1. The second-order valence-electron chi connectivity index (χ2n) is 25.9. The van der Waals surface area contributed by atoms with Gasteiger partial charge in [-0.3, -0.25) is 0 Å². The predicted molar refractivity (Wildman–Crippen MR) is 405 cm³/mol. The molecule has 0 atom stereocenters. The minimum atomic E-state index is -0.197. The fourth-order valence-electron chi connectivity index (χ4n) is 15.7. The Hall–Kier alpha value is -11.5. The van der Waals surface area contributed by atoms with Crippen LogP contribution in [0, 0.1) is 0 Å². The summed E-state index contributed by atoms with van der Waals surface area (Å²) in [5.74, 6) is 0. The molecule has 4 aromatic heterocycles. The van der Waals surface area contributed by atoms with Crippen molar-refractivity contribution in [2.24, 2.45) is 0 Å². The van der Waals surface area contributed by atoms with Gasteiger partial charge in [0.05, 0.1) is 22.1 Å². The van der Waals surface area contributed by atoms with Gasteiger partial charge in [-0.25, -0.2) is 0 Å². The van der Waals surface area contributed by atoms with E-state index in [1.807, 2.05) is 22.7 Å². The minimum absolute atomic E-state index is 0.197. The maximum atomic E-state index is 7.23. The van der Waals surface area contributed by atoms with Crippen LogP contribution in [0.4, 0.5) is 34.1 Å². The third-order valence-corrected chi connectivity index (χ3v) is 22.5. The lowest BCUT2D eigenvalue weighted by Gasteiger charge is -2.29. The lowest BCUT2D eigenvalue weighted by Crippen LogP contribution is -2.16. The maximum Gasteiger partial charge on any atom is 0.138 e. The molecular formula is C89H56N2O2S2. The normalized spacial score (nSPS) is 12.8. The molecule has 0 unspecified atom stereocenters. The smallest absolute Gasteiger partial charge is 0.138 e. The average molecular weight is 1250 g/mol. The van der Waals surface area contributed by atoms with Gasteiger partial charge in [-0.1, -0.05) is 190 Å². The summed E-state index contributed by atoms with van der Waals surface area (Å²) >= 11 is 3.72. The lowest BCUT2D eigenvalue weighted by molar-refractivity contribution is 0.660. The third-order valence-electron chi connectivity index (χ3n) is 20.2. The zero-order chi connectivity index (χ0) is 62.6. The molecule has 19 aromatic rings. The Labute approximate surface area is 555 Å². The highest BCUT2D eigenvalue weighted by Crippen LogP contribution is 2.55. The first-order chi connectivity index (χ1) is 46.8. The topological polar surface area (TPSA) is 32.8 Å². The van der Waals surface area contributed by atoms with Gasteiger partial charge < -0.3 is 18.6 Å². The van der Waals surface area contributed by atoms with E-state index in [2.05, 4.69) is 327 Å². The summed E-state index contributed by atoms with van der Waals surface area (Å²) in [5.41, 5.74) is 21.9. The van der Waals surface area contributed by atoms with Crippen LogP contribution < -0.4 is 9.80 Å². The Morgan fingerprint density at radius 1 is 0.274 bits per heavy atom. The molecule has 0 N–H and O–H groups in total. The zero-order valence-corrected chi connectivity index (χ0v) is 53.5. The first kappa shape index (κ1) is 54.1. The van der Waals surface area contributed by atoms with Gasteiger partial charge in [0.25, 0.3) is 0 Å². The number of hydrogen-bond acceptors (Lipinski definition) is 6. The molecule has 95 heavy (non-hydrogen) atoms. The van der Waals surface area contributed by atoms with E-state index in [9.17, 15) is 0 Å². The number of fused-ring (bicyclic) bond motifs is 19. The first-order valence-electron chi connectivity index (χ1n) is 32.5. The molecule has 0 spiro atoms. The van der Waals surface area contributed by atoms with Crippen molar-refractivity contribution in [1.82, 2.24) is 0 Å². The summed E-state index contributed by atoms with van der Waals surface area (Å²) in [6.45, 7) is 4.74. The molecule has 1 aliphatic rings. The number of hydrogen-bond donors (Lipinski definition) is 0. The van der Waals surface area contributed by atoms with Gasteiger partial charge in [0, 0.05) is 79.3 Å². The van der Waals surface area contributed by atoms with Crippen LogP contribution in [0.25, 0.3) is 150 Å². The zero-order valence-electron chi connectivity index (χ0n) is 51.9. The number of rotatable bonds is 9. The van der Waals surface area contributed by atoms with E-state index in [0.29, 0.717) is 0 Å². The van der Waals surface area contributed by atoms with E-state index in [1.54, 1.807) is 0 Å². The van der Waals surface area contributed by atoms with Crippen LogP contribution in [0.15, 0.2) is 312 Å². The highest BCUT2D eigenvalue weighted by molar-refractivity contribution is 7.27. The van der Waals surface area contributed by atoms with Crippen molar-refractivity contribution in [1.29, 1.82) is 0 Å². The average Bonchev–Trinajstić information content (AvgIpc) is 1.59. The van der Waals surface area contributed by atoms with Crippen LogP contribution >= 0.6 is 22.7 Å². The van der Waals surface area contributed by atoms with Crippen LogP contribution in [-0.2, 0) is 5.41 Å². The van der Waals surface area contributed by atoms with Crippen LogP contribution in [0.5, 0.6) is 0 Å². The highest BCUT2D eigenvalue weighted by atomic mass is 32.1. The summed E-state index contributed by atoms with van der Waals surface area (Å²) in [4.78, 5) is 4.87. The molecule has 446 valence electrons. The number of furan rings is 2. The van der Waals surface area contributed by atoms with E-state index in [4.69, 9.17) is 8.83 Å². The molecule has 0 bridgehead atoms. The summed E-state index contributed by atoms with van der Waals surface area (Å²) in [7, 11) is 0. The van der Waals surface area contributed by atoms with Crippen molar-refractivity contribution in [2.75, 3.05) is 9.80 Å². The molecule has 15 aromatic carbocycles. The van der Waals surface area contributed by atoms with Gasteiger partial charge in [0.15, 0.2) is 0 Å². The molecule has 0 aliphatic heterocycles. The molecule has 0 amide bonds. The Morgan fingerprint density at radius 2 is 0.768 bits per heavy atom. The molecule has 4 nitrogen and oxygen atoms in total. The summed E-state index contributed by atoms with van der Waals surface area (Å²) in [6, 6.07) is 111. The molecule has 20 rings (SSSR count). The lowest BCUT2D eigenvalue weighted by atomic mass is 9.82. The van der Waals surface area contributed by atoms with Crippen LogP contribution in [0.3, 0.4) is 0 Å². The molecule has 0 saturated heterocycles. The molecule has 0 radical (unpaired) electrons. The van der Waals surface area contributed by atoms with Gasteiger partial charge in [-0.05, 0) is 205 Å². The van der Waals surface area contributed by atoms with Gasteiger partial charge in [0.1, 0.15) is 22.3 Å². The van der Waals surface area contributed by atoms with Crippen LogP contribution in [0.2, 0.25) is 0 Å². The fraction of sp³-hybridized carbons (Fsp3) is 0.0337. The summed E-state index contributed by atoms with van der Waals surface area (Å²) in [6.07, 6.45) is 0. The SMILES string of the molecule is CC1(C)c2ccccc2-c2ccc(N(c3ccccc3)c3cc(-c4ccc5cc6sc7c(ccc8oc9cccc(N(c%10ccccc%10)c%10ccc(-c%11ccccc%11-c%11ccccc%11)cc%10)c9c87)c6cc5c4)cc4oc5ccc6c7cc8ccccc8cc7sc6c5c34)cc21. The van der Waals surface area contributed by atoms with Gasteiger partial charge in [0.2, 0.25) is 0 Å². The van der Waals surface area contributed by atoms with E-state index in [-0.39, 0.29) is 5.41 Å². The number of benzene rings is 15. The molecule has 4 heterocycles. The quantitative estimate of drug-likeness (QED) is 0.144. The van der Waals surface area contributed by atoms with Crippen molar-refractivity contribution < 1.29 is 8.83 Å². The second-order valence-corrected chi connectivity index (χ2v) is 28.0. The Kier molecular flexibility index (Phi) is 11.8. The van der Waals surface area contributed by atoms with E-state index in [0.717, 1.165) is 94.7 Å². The molecule has 1 aliphatic carbocycles. The number of anilines is 6. The van der Waals surface area contributed by atoms with E-state index < -0.39 is 0 Å². The van der Waals surface area contributed by atoms with Gasteiger partial charge >= 0.3 is 0 Å². The maximum absolute atomic E-state index is 7.23. The summed E-state index contributed by atoms with van der Waals surface area (Å²) in [5, 5.41) is 14.2. The molecule has 0 fully saturated rings. The third kappa shape index (κ3) is 8.31. The largest absolute Gasteiger partial charge is 0.456 e. The molecule has 0 saturated carbocycles. The second kappa shape index (κ2) is 20.7. The van der Waals surface area contributed by atoms with Gasteiger partial charge in [-0.2, -0.15) is 0 Å². The number of nitrogens with zero attached hydrogens (tertiary/aromatic N) is 2. The minimum Gasteiger partial charge on any atom is -0.456 e. The Morgan fingerprint density at radius 3 is 1.44 bits per heavy atom. The predicted octanol–water partition coefficient (Wildman–Crippen LogP) is 26.8. The monoisotopic (exact) mass is 1250 g/mol. The van der Waals surface area contributed by atoms with Gasteiger partial charge in [-0.15, -0.1) is 22.7 Å². The number of para-hydroxylation sites is 2. The van der Waals surface area contributed by atoms with Crippen LogP contribution in [-0.4, -0.2) is 0 Å². The standard InChI is InChI=1S/C89H56N2O2S2/c1-89(2)73-30-17-16-29-67(73)68-40-39-64(52-74(68)89)91(62-25-10-5-11-26-62)76-48-60(49-80-84(76)86-79(93-80)44-42-69-71-46-55-21-12-13-22-56(55)50-81(71)94-88(69)86)57-33-34-58-51-82-72(47-59(58)45-57)70-41-43-78-85(87(70)95-82)83-75(31-18-32-77(83)92-78)90(61-23-8-4-9-24-61)63-37-35-54(36-38-63)66-28-15-14-27-65(66)53-19-6-3-7-20-53/h3-52H,1-2H3. The van der Waals surface area contributed by atoms with E-state index in [1.165, 1.54) is 101 Å². The highest BCUT2D eigenvalue weighted by Gasteiger charge is 2.36. The van der Waals surface area contributed by atoms with Crippen molar-refractivity contribution >= 4 is 163 Å². The molecule has 6 heteroatoms. The van der Waals surface area contributed by atoms with Crippen molar-refractivity contribution in [3.8, 4) is 44.5 Å². The van der Waals surface area contributed by atoms with Crippen LogP contribution in [0.1, 0.15) is 25.0 Å². The van der Waals surface area contributed by atoms with Crippen molar-refractivity contribution in [2.45, 2.75) is 19.3 Å².